The van der Waals surface area contributed by atoms with Crippen molar-refractivity contribution in [1.82, 2.24) is 0 Å². The minimum absolute atomic E-state index is 1.13. The molecule has 0 radical (unpaired) electrons. The van der Waals surface area contributed by atoms with Gasteiger partial charge < -0.3 is 4.90 Å². The smallest absolute Gasteiger partial charge is 0.0554 e. The van der Waals surface area contributed by atoms with Crippen LogP contribution < -0.4 is 4.90 Å². The molecule has 0 aliphatic heterocycles. The van der Waals surface area contributed by atoms with Crippen LogP contribution in [0.1, 0.15) is 0 Å². The molecule has 0 atom stereocenters. The Morgan fingerprint density at radius 1 is 0.340 bits per heavy atom. The Hall–Kier alpha value is -6.22. The molecule has 0 aliphatic rings. The van der Waals surface area contributed by atoms with Crippen LogP contribution in [0, 0.1) is 0 Å². The highest BCUT2D eigenvalue weighted by atomic mass is 32.1. The van der Waals surface area contributed by atoms with Gasteiger partial charge >= 0.3 is 0 Å². The highest BCUT2D eigenvalue weighted by molar-refractivity contribution is 7.26. The Labute approximate surface area is 294 Å². The predicted molar refractivity (Wildman–Crippen MR) is 217 cm³/mol. The van der Waals surface area contributed by atoms with Crippen LogP contribution in [0.25, 0.3) is 74.7 Å². The molecule has 0 fully saturated rings. The van der Waals surface area contributed by atoms with Crippen molar-refractivity contribution < 1.29 is 0 Å². The van der Waals surface area contributed by atoms with Gasteiger partial charge in [0.05, 0.1) is 5.69 Å². The molecule has 9 aromatic carbocycles. The lowest BCUT2D eigenvalue weighted by Gasteiger charge is -2.27. The number of nitrogens with zero attached hydrogens (tertiary/aromatic N) is 1. The molecule has 50 heavy (non-hydrogen) atoms. The maximum Gasteiger partial charge on any atom is 0.0554 e. The number of anilines is 3. The Morgan fingerprint density at radius 2 is 0.920 bits per heavy atom. The molecule has 0 unspecified atom stereocenters. The molecule has 0 amide bonds. The summed E-state index contributed by atoms with van der Waals surface area (Å²) in [6.07, 6.45) is 0. The van der Waals surface area contributed by atoms with E-state index >= 15 is 0 Å². The van der Waals surface area contributed by atoms with Crippen LogP contribution >= 0.6 is 11.3 Å². The van der Waals surface area contributed by atoms with E-state index in [9.17, 15) is 0 Å². The summed E-state index contributed by atoms with van der Waals surface area (Å²) in [5.74, 6) is 0. The quantitative estimate of drug-likeness (QED) is 0.167. The summed E-state index contributed by atoms with van der Waals surface area (Å²) in [6, 6.07) is 68.8. The van der Waals surface area contributed by atoms with Gasteiger partial charge in [0, 0.05) is 31.5 Å². The van der Waals surface area contributed by atoms with E-state index in [2.05, 4.69) is 193 Å². The van der Waals surface area contributed by atoms with Crippen LogP contribution in [0.5, 0.6) is 0 Å². The monoisotopic (exact) mass is 653 g/mol. The molecule has 0 bridgehead atoms. The zero-order chi connectivity index (χ0) is 33.0. The number of fused-ring (bicyclic) bond motifs is 7. The third-order valence-electron chi connectivity index (χ3n) is 10.0. The number of hydrogen-bond donors (Lipinski definition) is 0. The first kappa shape index (κ1) is 28.8. The average Bonchev–Trinajstić information content (AvgIpc) is 3.58. The first-order valence-electron chi connectivity index (χ1n) is 17.1. The first-order valence-corrected chi connectivity index (χ1v) is 17.9. The zero-order valence-electron chi connectivity index (χ0n) is 27.3. The molecule has 10 rings (SSSR count). The maximum atomic E-state index is 2.42. The van der Waals surface area contributed by atoms with Crippen molar-refractivity contribution in [1.29, 1.82) is 0 Å². The van der Waals surface area contributed by atoms with Crippen molar-refractivity contribution in [2.75, 3.05) is 4.90 Å². The van der Waals surface area contributed by atoms with Crippen LogP contribution in [0.15, 0.2) is 188 Å². The van der Waals surface area contributed by atoms with Gasteiger partial charge in [-0.1, -0.05) is 133 Å². The average molecular weight is 654 g/mol. The van der Waals surface area contributed by atoms with Crippen LogP contribution in [0.2, 0.25) is 0 Å². The highest BCUT2D eigenvalue weighted by Gasteiger charge is 2.19. The van der Waals surface area contributed by atoms with E-state index in [1.165, 1.54) is 80.4 Å². The highest BCUT2D eigenvalue weighted by Crippen LogP contribution is 2.45. The fourth-order valence-corrected chi connectivity index (χ4v) is 8.75. The first-order chi connectivity index (χ1) is 24.8. The number of rotatable bonds is 5. The predicted octanol–water partition coefficient (Wildman–Crippen LogP) is 14.3. The van der Waals surface area contributed by atoms with Crippen molar-refractivity contribution in [3.8, 4) is 22.3 Å². The molecule has 0 saturated heterocycles. The summed E-state index contributed by atoms with van der Waals surface area (Å²) in [6.45, 7) is 0. The third-order valence-corrected chi connectivity index (χ3v) is 11.2. The summed E-state index contributed by atoms with van der Waals surface area (Å²) in [5, 5.41) is 10.2. The van der Waals surface area contributed by atoms with Gasteiger partial charge in [0.25, 0.3) is 0 Å². The molecule has 0 spiro atoms. The van der Waals surface area contributed by atoms with Crippen LogP contribution in [-0.2, 0) is 0 Å². The summed E-state index contributed by atoms with van der Waals surface area (Å²) >= 11 is 1.86. The Balaban J connectivity index is 1.13. The van der Waals surface area contributed by atoms with Gasteiger partial charge in [0.2, 0.25) is 0 Å². The van der Waals surface area contributed by atoms with Crippen molar-refractivity contribution >= 4 is 80.9 Å². The van der Waals surface area contributed by atoms with Crippen molar-refractivity contribution in [2.24, 2.45) is 0 Å². The van der Waals surface area contributed by atoms with Gasteiger partial charge in [-0.15, -0.1) is 11.3 Å². The van der Waals surface area contributed by atoms with Gasteiger partial charge in [-0.3, -0.25) is 0 Å². The molecule has 1 nitrogen and oxygen atoms in total. The number of hydrogen-bond acceptors (Lipinski definition) is 2. The normalized spacial score (nSPS) is 11.6. The van der Waals surface area contributed by atoms with Crippen molar-refractivity contribution in [2.45, 2.75) is 0 Å². The van der Waals surface area contributed by atoms with E-state index in [4.69, 9.17) is 0 Å². The van der Waals surface area contributed by atoms with E-state index in [1.54, 1.807) is 0 Å². The molecule has 10 aromatic rings. The third kappa shape index (κ3) is 4.76. The largest absolute Gasteiger partial charge is 0.310 e. The summed E-state index contributed by atoms with van der Waals surface area (Å²) in [4.78, 5) is 2.42. The van der Waals surface area contributed by atoms with Crippen LogP contribution in [0.4, 0.5) is 17.1 Å². The van der Waals surface area contributed by atoms with Gasteiger partial charge in [0.1, 0.15) is 0 Å². The van der Waals surface area contributed by atoms with Crippen molar-refractivity contribution in [3.63, 3.8) is 0 Å². The molecule has 0 aliphatic carbocycles. The van der Waals surface area contributed by atoms with E-state index in [0.29, 0.717) is 0 Å². The lowest BCUT2D eigenvalue weighted by molar-refractivity contribution is 1.30. The zero-order valence-corrected chi connectivity index (χ0v) is 28.1. The standard InChI is InChI=1S/C48H31NS/c1-2-11-35-30-36(21-20-32(35)10-1)33-22-26-38(27-23-33)49(45-17-9-19-47-48(45)43-16-7-8-18-46(43)50-47)39-28-24-34(25-29-39)44-31-37-12-3-4-13-40(37)41-14-5-6-15-42(41)44/h1-31H. The van der Waals surface area contributed by atoms with Crippen molar-refractivity contribution in [3.05, 3.63) is 188 Å². The molecule has 0 N–H and O–H groups in total. The number of thiophene rings is 1. The Bertz CT molecular complexity index is 2860. The Kier molecular flexibility index (Phi) is 6.75. The summed E-state index contributed by atoms with van der Waals surface area (Å²) in [7, 11) is 0. The molecule has 234 valence electrons. The van der Waals surface area contributed by atoms with E-state index in [-0.39, 0.29) is 0 Å². The van der Waals surface area contributed by atoms with Gasteiger partial charge in [0.15, 0.2) is 0 Å². The molecule has 2 heteroatoms. The summed E-state index contributed by atoms with van der Waals surface area (Å²) < 4.78 is 2.60. The SMILES string of the molecule is c1ccc2cc(-c3ccc(N(c4ccc(-c5cc6ccccc6c6ccccc56)cc4)c4cccc5sc6ccccc6c45)cc3)ccc2c1. The van der Waals surface area contributed by atoms with Gasteiger partial charge in [-0.05, 0) is 109 Å². The van der Waals surface area contributed by atoms with E-state index in [0.717, 1.165) is 11.4 Å². The second kappa shape index (κ2) is 11.7. The minimum atomic E-state index is 1.13. The van der Waals surface area contributed by atoms with E-state index in [1.807, 2.05) is 11.3 Å². The molecular weight excluding hydrogens is 623 g/mol. The lowest BCUT2D eigenvalue weighted by atomic mass is 9.93. The Morgan fingerprint density at radius 3 is 1.70 bits per heavy atom. The fourth-order valence-electron chi connectivity index (χ4n) is 7.62. The minimum Gasteiger partial charge on any atom is -0.310 e. The summed E-state index contributed by atoms with van der Waals surface area (Å²) in [5.41, 5.74) is 8.32. The van der Waals surface area contributed by atoms with E-state index < -0.39 is 0 Å². The van der Waals surface area contributed by atoms with Crippen LogP contribution in [0.3, 0.4) is 0 Å². The lowest BCUT2D eigenvalue weighted by Crippen LogP contribution is -2.10. The van der Waals surface area contributed by atoms with Gasteiger partial charge in [-0.25, -0.2) is 0 Å². The topological polar surface area (TPSA) is 3.24 Å². The van der Waals surface area contributed by atoms with Gasteiger partial charge in [-0.2, -0.15) is 0 Å². The second-order valence-electron chi connectivity index (χ2n) is 12.9. The molecule has 1 heterocycles. The van der Waals surface area contributed by atoms with Crippen LogP contribution in [-0.4, -0.2) is 0 Å². The maximum absolute atomic E-state index is 2.42. The molecular formula is C48H31NS. The number of benzene rings is 9. The second-order valence-corrected chi connectivity index (χ2v) is 14.0. The molecule has 1 aromatic heterocycles. The fraction of sp³-hybridized carbons (Fsp3) is 0. The molecule has 0 saturated carbocycles.